The minimum Gasteiger partial charge on any atom is -0.359 e. The van der Waals surface area contributed by atoms with E-state index in [9.17, 15) is 0 Å². The largest absolute Gasteiger partial charge is 0.359 e. The first-order valence-electron chi connectivity index (χ1n) is 5.45. The number of anilines is 1. The second kappa shape index (κ2) is 4.66. The van der Waals surface area contributed by atoms with E-state index in [0.29, 0.717) is 6.04 Å². The normalized spacial score (nSPS) is 10.8. The minimum atomic E-state index is 0.427. The summed E-state index contributed by atoms with van der Waals surface area (Å²) in [5.74, 6) is 0. The zero-order valence-corrected chi connectivity index (χ0v) is 10.6. The highest BCUT2D eigenvalue weighted by Crippen LogP contribution is 2.27. The van der Waals surface area contributed by atoms with Crippen LogP contribution in [0, 0.1) is 6.92 Å². The first-order valence-corrected chi connectivity index (χ1v) is 6.33. The molecule has 16 heavy (non-hydrogen) atoms. The number of thiazole rings is 1. The van der Waals surface area contributed by atoms with Crippen LogP contribution in [0.3, 0.4) is 0 Å². The van der Waals surface area contributed by atoms with Gasteiger partial charge in [-0.3, -0.25) is 0 Å². The highest BCUT2D eigenvalue weighted by atomic mass is 32.1. The van der Waals surface area contributed by atoms with Gasteiger partial charge in [-0.25, -0.2) is 4.98 Å². The van der Waals surface area contributed by atoms with Gasteiger partial charge in [0, 0.05) is 17.0 Å². The molecule has 1 N–H and O–H groups in total. The lowest BCUT2D eigenvalue weighted by atomic mass is 10.1. The molecule has 84 valence electrons. The Morgan fingerprint density at radius 2 is 2.00 bits per heavy atom. The fourth-order valence-corrected chi connectivity index (χ4v) is 2.43. The molecule has 0 aliphatic heterocycles. The predicted molar refractivity (Wildman–Crippen MR) is 71.0 cm³/mol. The fourth-order valence-electron chi connectivity index (χ4n) is 1.57. The SMILES string of the molecule is Cc1ccccc1-c1csc(NC(C)C)n1. The molecule has 0 atom stereocenters. The number of aromatic nitrogens is 1. The summed E-state index contributed by atoms with van der Waals surface area (Å²) in [6.07, 6.45) is 0. The molecule has 0 unspecified atom stereocenters. The molecule has 1 aromatic carbocycles. The molecule has 0 spiro atoms. The van der Waals surface area contributed by atoms with Crippen molar-refractivity contribution in [3.05, 3.63) is 35.2 Å². The van der Waals surface area contributed by atoms with Crippen LogP contribution in [0.4, 0.5) is 5.13 Å². The second-order valence-corrected chi connectivity index (χ2v) is 5.01. The third-order valence-corrected chi connectivity index (χ3v) is 3.11. The smallest absolute Gasteiger partial charge is 0.183 e. The van der Waals surface area contributed by atoms with Crippen LogP contribution in [0.1, 0.15) is 19.4 Å². The van der Waals surface area contributed by atoms with Crippen molar-refractivity contribution < 1.29 is 0 Å². The first-order chi connectivity index (χ1) is 7.66. The topological polar surface area (TPSA) is 24.9 Å². The number of aryl methyl sites for hydroxylation is 1. The van der Waals surface area contributed by atoms with Crippen LogP contribution in [0.2, 0.25) is 0 Å². The molecule has 0 aliphatic carbocycles. The van der Waals surface area contributed by atoms with Crippen molar-refractivity contribution >= 4 is 16.5 Å². The predicted octanol–water partition coefficient (Wildman–Crippen LogP) is 3.94. The minimum absolute atomic E-state index is 0.427. The van der Waals surface area contributed by atoms with Crippen LogP contribution in [-0.2, 0) is 0 Å². The summed E-state index contributed by atoms with van der Waals surface area (Å²) < 4.78 is 0. The number of benzene rings is 1. The van der Waals surface area contributed by atoms with Gasteiger partial charge >= 0.3 is 0 Å². The van der Waals surface area contributed by atoms with Gasteiger partial charge in [-0.05, 0) is 26.3 Å². The molecule has 1 heterocycles. The standard InChI is InChI=1S/C13H16N2S/c1-9(2)14-13-15-12(8-16-13)11-7-5-4-6-10(11)3/h4-9H,1-3H3,(H,14,15). The molecular weight excluding hydrogens is 216 g/mol. The molecule has 2 aromatic rings. The van der Waals surface area contributed by atoms with E-state index in [4.69, 9.17) is 0 Å². The number of hydrogen-bond donors (Lipinski definition) is 1. The Balaban J connectivity index is 2.28. The van der Waals surface area contributed by atoms with Crippen LogP contribution in [0.25, 0.3) is 11.3 Å². The molecule has 1 aromatic heterocycles. The van der Waals surface area contributed by atoms with Gasteiger partial charge in [0.15, 0.2) is 5.13 Å². The molecule has 0 fully saturated rings. The van der Waals surface area contributed by atoms with E-state index in [1.54, 1.807) is 11.3 Å². The lowest BCUT2D eigenvalue weighted by Gasteiger charge is -2.05. The molecule has 3 heteroatoms. The van der Waals surface area contributed by atoms with Crippen molar-refractivity contribution in [1.29, 1.82) is 0 Å². The van der Waals surface area contributed by atoms with Crippen molar-refractivity contribution in [2.24, 2.45) is 0 Å². The van der Waals surface area contributed by atoms with E-state index in [2.05, 4.69) is 60.7 Å². The van der Waals surface area contributed by atoms with E-state index < -0.39 is 0 Å². The van der Waals surface area contributed by atoms with Crippen LogP contribution in [0.5, 0.6) is 0 Å². The molecule has 0 radical (unpaired) electrons. The summed E-state index contributed by atoms with van der Waals surface area (Å²) in [6, 6.07) is 8.76. The average Bonchev–Trinajstić information content (AvgIpc) is 2.66. The highest BCUT2D eigenvalue weighted by Gasteiger charge is 2.06. The lowest BCUT2D eigenvalue weighted by molar-refractivity contribution is 0.897. The second-order valence-electron chi connectivity index (χ2n) is 4.15. The van der Waals surface area contributed by atoms with Crippen LogP contribution in [0.15, 0.2) is 29.6 Å². The van der Waals surface area contributed by atoms with Gasteiger partial charge in [-0.2, -0.15) is 0 Å². The van der Waals surface area contributed by atoms with Crippen LogP contribution in [-0.4, -0.2) is 11.0 Å². The fraction of sp³-hybridized carbons (Fsp3) is 0.308. The molecule has 0 saturated carbocycles. The van der Waals surface area contributed by atoms with E-state index in [0.717, 1.165) is 10.8 Å². The van der Waals surface area contributed by atoms with Crippen molar-refractivity contribution in [3.8, 4) is 11.3 Å². The van der Waals surface area contributed by atoms with Gasteiger partial charge in [0.2, 0.25) is 0 Å². The third-order valence-electron chi connectivity index (χ3n) is 2.34. The first kappa shape index (κ1) is 11.1. The Labute approximate surface area is 100 Å². The highest BCUT2D eigenvalue weighted by molar-refractivity contribution is 7.14. The molecule has 0 bridgehead atoms. The van der Waals surface area contributed by atoms with E-state index >= 15 is 0 Å². The molecule has 0 aliphatic rings. The molecular formula is C13H16N2S. The number of rotatable bonds is 3. The number of nitrogens with one attached hydrogen (secondary N) is 1. The summed E-state index contributed by atoms with van der Waals surface area (Å²) in [6.45, 7) is 6.36. The van der Waals surface area contributed by atoms with Crippen molar-refractivity contribution in [3.63, 3.8) is 0 Å². The van der Waals surface area contributed by atoms with Gasteiger partial charge in [0.05, 0.1) is 5.69 Å². The quantitative estimate of drug-likeness (QED) is 0.867. The van der Waals surface area contributed by atoms with Gasteiger partial charge in [0.1, 0.15) is 0 Å². The van der Waals surface area contributed by atoms with Crippen molar-refractivity contribution in [1.82, 2.24) is 4.98 Å². The van der Waals surface area contributed by atoms with Gasteiger partial charge in [0.25, 0.3) is 0 Å². The van der Waals surface area contributed by atoms with Crippen LogP contribution >= 0.6 is 11.3 Å². The van der Waals surface area contributed by atoms with Gasteiger partial charge in [-0.15, -0.1) is 11.3 Å². The zero-order valence-electron chi connectivity index (χ0n) is 9.82. The number of nitrogens with zero attached hydrogens (tertiary/aromatic N) is 1. The summed E-state index contributed by atoms with van der Waals surface area (Å²) >= 11 is 1.66. The third kappa shape index (κ3) is 2.42. The monoisotopic (exact) mass is 232 g/mol. The Morgan fingerprint density at radius 3 is 2.69 bits per heavy atom. The average molecular weight is 232 g/mol. The Morgan fingerprint density at radius 1 is 1.25 bits per heavy atom. The summed E-state index contributed by atoms with van der Waals surface area (Å²) in [5, 5.41) is 6.42. The number of hydrogen-bond acceptors (Lipinski definition) is 3. The Hall–Kier alpha value is -1.35. The molecule has 2 nitrogen and oxygen atoms in total. The Bertz CT molecular complexity index is 474. The van der Waals surface area contributed by atoms with Gasteiger partial charge < -0.3 is 5.32 Å². The van der Waals surface area contributed by atoms with Crippen molar-refractivity contribution in [2.75, 3.05) is 5.32 Å². The maximum absolute atomic E-state index is 4.59. The Kier molecular flexibility index (Phi) is 3.25. The maximum Gasteiger partial charge on any atom is 0.183 e. The molecule has 0 amide bonds. The summed E-state index contributed by atoms with van der Waals surface area (Å²) in [5.41, 5.74) is 3.55. The van der Waals surface area contributed by atoms with Crippen molar-refractivity contribution in [2.45, 2.75) is 26.8 Å². The lowest BCUT2D eigenvalue weighted by Crippen LogP contribution is -2.08. The van der Waals surface area contributed by atoms with Crippen LogP contribution < -0.4 is 5.32 Å². The summed E-state index contributed by atoms with van der Waals surface area (Å²) in [4.78, 5) is 4.59. The zero-order chi connectivity index (χ0) is 11.5. The molecule has 0 saturated heterocycles. The van der Waals surface area contributed by atoms with E-state index in [1.165, 1.54) is 11.1 Å². The molecule has 2 rings (SSSR count). The van der Waals surface area contributed by atoms with E-state index in [1.807, 2.05) is 0 Å². The van der Waals surface area contributed by atoms with E-state index in [-0.39, 0.29) is 0 Å². The summed E-state index contributed by atoms with van der Waals surface area (Å²) in [7, 11) is 0. The van der Waals surface area contributed by atoms with Gasteiger partial charge in [-0.1, -0.05) is 24.3 Å². The maximum atomic E-state index is 4.59.